The molecular weight excluding hydrogens is 233 g/mol. The molecule has 0 aromatic rings. The average Bonchev–Trinajstić information content (AvgIpc) is 2.14. The monoisotopic (exact) mass is 254 g/mol. The number of alkyl halides is 3. The van der Waals surface area contributed by atoms with E-state index in [2.05, 4.69) is 0 Å². The number of rotatable bonds is 7. The summed E-state index contributed by atoms with van der Waals surface area (Å²) in [6.07, 6.45) is -2.48. The van der Waals surface area contributed by atoms with Gasteiger partial charge in [0.1, 0.15) is 6.54 Å². The first kappa shape index (κ1) is 16.2. The first-order valence-corrected chi connectivity index (χ1v) is 5.86. The minimum Gasteiger partial charge on any atom is -0.334 e. The lowest BCUT2D eigenvalue weighted by atomic mass is 10.1. The maximum absolute atomic E-state index is 12.2. The van der Waals surface area contributed by atoms with Crippen LogP contribution in [0.5, 0.6) is 0 Å². The molecule has 0 aliphatic heterocycles. The molecule has 1 unspecified atom stereocenters. The molecular formula is C11H21F3N2O. The van der Waals surface area contributed by atoms with Gasteiger partial charge in [0, 0.05) is 19.0 Å². The van der Waals surface area contributed by atoms with E-state index in [0.29, 0.717) is 19.3 Å². The van der Waals surface area contributed by atoms with Crippen molar-refractivity contribution in [3.63, 3.8) is 0 Å². The van der Waals surface area contributed by atoms with Gasteiger partial charge in [0.25, 0.3) is 0 Å². The SMILES string of the molecule is CCCN(CC(F)(F)F)C(=O)CCCC(C)N. The maximum atomic E-state index is 12.2. The molecule has 0 fully saturated rings. The van der Waals surface area contributed by atoms with Crippen molar-refractivity contribution in [3.8, 4) is 0 Å². The maximum Gasteiger partial charge on any atom is 0.406 e. The van der Waals surface area contributed by atoms with Crippen LogP contribution >= 0.6 is 0 Å². The fraction of sp³-hybridized carbons (Fsp3) is 0.909. The Kier molecular flexibility index (Phi) is 7.18. The topological polar surface area (TPSA) is 46.3 Å². The van der Waals surface area contributed by atoms with Gasteiger partial charge in [-0.3, -0.25) is 4.79 Å². The highest BCUT2D eigenvalue weighted by Crippen LogP contribution is 2.17. The summed E-state index contributed by atoms with van der Waals surface area (Å²) in [5.41, 5.74) is 5.51. The molecule has 0 heterocycles. The Morgan fingerprint density at radius 1 is 1.41 bits per heavy atom. The standard InChI is InChI=1S/C11H21F3N2O/c1-3-7-16(8-11(12,13)14)10(17)6-4-5-9(2)15/h9H,3-8,15H2,1-2H3. The van der Waals surface area contributed by atoms with Gasteiger partial charge in [-0.05, 0) is 26.2 Å². The molecule has 0 aliphatic rings. The first-order chi connectivity index (χ1) is 7.76. The van der Waals surface area contributed by atoms with E-state index in [-0.39, 0.29) is 19.0 Å². The molecule has 0 rings (SSSR count). The number of nitrogens with two attached hydrogens (primary N) is 1. The van der Waals surface area contributed by atoms with Crippen LogP contribution in [0.4, 0.5) is 13.2 Å². The molecule has 0 aliphatic carbocycles. The van der Waals surface area contributed by atoms with Gasteiger partial charge in [-0.2, -0.15) is 13.2 Å². The van der Waals surface area contributed by atoms with Gasteiger partial charge in [0.05, 0.1) is 0 Å². The highest BCUT2D eigenvalue weighted by Gasteiger charge is 2.32. The normalized spacial score (nSPS) is 13.5. The summed E-state index contributed by atoms with van der Waals surface area (Å²) in [6.45, 7) is 2.55. The van der Waals surface area contributed by atoms with E-state index < -0.39 is 18.6 Å². The zero-order valence-electron chi connectivity index (χ0n) is 10.4. The molecule has 0 saturated carbocycles. The zero-order chi connectivity index (χ0) is 13.5. The number of nitrogens with zero attached hydrogens (tertiary/aromatic N) is 1. The molecule has 0 bridgehead atoms. The number of amides is 1. The lowest BCUT2D eigenvalue weighted by Crippen LogP contribution is -2.39. The summed E-state index contributed by atoms with van der Waals surface area (Å²) in [6, 6.07) is -0.0231. The van der Waals surface area contributed by atoms with Crippen molar-refractivity contribution in [1.29, 1.82) is 0 Å². The van der Waals surface area contributed by atoms with Crippen molar-refractivity contribution in [1.82, 2.24) is 4.90 Å². The lowest BCUT2D eigenvalue weighted by Gasteiger charge is -2.23. The second-order valence-corrected chi connectivity index (χ2v) is 4.30. The highest BCUT2D eigenvalue weighted by atomic mass is 19.4. The van der Waals surface area contributed by atoms with Crippen molar-refractivity contribution < 1.29 is 18.0 Å². The summed E-state index contributed by atoms with van der Waals surface area (Å²) in [5, 5.41) is 0. The second kappa shape index (κ2) is 7.53. The zero-order valence-corrected chi connectivity index (χ0v) is 10.4. The third-order valence-corrected chi connectivity index (χ3v) is 2.27. The number of hydrogen-bond acceptors (Lipinski definition) is 2. The van der Waals surface area contributed by atoms with E-state index in [1.807, 2.05) is 6.92 Å². The summed E-state index contributed by atoms with van der Waals surface area (Å²) in [7, 11) is 0. The smallest absolute Gasteiger partial charge is 0.334 e. The van der Waals surface area contributed by atoms with E-state index in [9.17, 15) is 18.0 Å². The molecule has 17 heavy (non-hydrogen) atoms. The fourth-order valence-electron chi connectivity index (χ4n) is 1.51. The summed E-state index contributed by atoms with van der Waals surface area (Å²) < 4.78 is 36.7. The summed E-state index contributed by atoms with van der Waals surface area (Å²) >= 11 is 0. The lowest BCUT2D eigenvalue weighted by molar-refractivity contribution is -0.161. The Morgan fingerprint density at radius 2 is 2.00 bits per heavy atom. The second-order valence-electron chi connectivity index (χ2n) is 4.30. The van der Waals surface area contributed by atoms with Crippen LogP contribution in [0.15, 0.2) is 0 Å². The molecule has 0 aromatic carbocycles. The van der Waals surface area contributed by atoms with Gasteiger partial charge in [-0.25, -0.2) is 0 Å². The van der Waals surface area contributed by atoms with Crippen LogP contribution in [0.25, 0.3) is 0 Å². The van der Waals surface area contributed by atoms with E-state index in [4.69, 9.17) is 5.73 Å². The van der Waals surface area contributed by atoms with E-state index in [1.165, 1.54) is 0 Å². The Hall–Kier alpha value is -0.780. The van der Waals surface area contributed by atoms with Crippen LogP contribution in [0, 0.1) is 0 Å². The predicted octanol–water partition coefficient (Wildman–Crippen LogP) is 2.30. The van der Waals surface area contributed by atoms with Crippen LogP contribution in [0.2, 0.25) is 0 Å². The first-order valence-electron chi connectivity index (χ1n) is 5.86. The molecule has 0 aromatic heterocycles. The van der Waals surface area contributed by atoms with Crippen molar-refractivity contribution in [2.24, 2.45) is 5.73 Å². The molecule has 0 saturated heterocycles. The van der Waals surface area contributed by atoms with Crippen LogP contribution in [-0.4, -0.2) is 36.1 Å². The largest absolute Gasteiger partial charge is 0.406 e. The van der Waals surface area contributed by atoms with Crippen LogP contribution in [-0.2, 0) is 4.79 Å². The quantitative estimate of drug-likeness (QED) is 0.757. The molecule has 3 nitrogen and oxygen atoms in total. The van der Waals surface area contributed by atoms with E-state index in [1.54, 1.807) is 6.92 Å². The summed E-state index contributed by atoms with van der Waals surface area (Å²) in [4.78, 5) is 12.5. The minimum atomic E-state index is -4.33. The molecule has 0 spiro atoms. The molecule has 1 atom stereocenters. The molecule has 1 amide bonds. The van der Waals surface area contributed by atoms with Gasteiger partial charge < -0.3 is 10.6 Å². The van der Waals surface area contributed by atoms with Crippen LogP contribution < -0.4 is 5.73 Å². The number of halogens is 3. The minimum absolute atomic E-state index is 0.0231. The Bertz CT molecular complexity index is 229. The third-order valence-electron chi connectivity index (χ3n) is 2.27. The van der Waals surface area contributed by atoms with Gasteiger partial charge in [0.2, 0.25) is 5.91 Å². The molecule has 102 valence electrons. The Labute approximate surface area is 100 Å². The van der Waals surface area contributed by atoms with Crippen molar-refractivity contribution in [3.05, 3.63) is 0 Å². The van der Waals surface area contributed by atoms with Crippen LogP contribution in [0.1, 0.15) is 39.5 Å². The van der Waals surface area contributed by atoms with Gasteiger partial charge >= 0.3 is 6.18 Å². The Balaban J connectivity index is 4.15. The number of carbonyl (C=O) groups excluding carboxylic acids is 1. The molecule has 6 heteroatoms. The van der Waals surface area contributed by atoms with E-state index >= 15 is 0 Å². The van der Waals surface area contributed by atoms with Crippen molar-refractivity contribution in [2.45, 2.75) is 51.7 Å². The Morgan fingerprint density at radius 3 is 2.41 bits per heavy atom. The average molecular weight is 254 g/mol. The van der Waals surface area contributed by atoms with Gasteiger partial charge in [-0.15, -0.1) is 0 Å². The van der Waals surface area contributed by atoms with Gasteiger partial charge in [0.15, 0.2) is 0 Å². The predicted molar refractivity (Wildman–Crippen MR) is 60.4 cm³/mol. The van der Waals surface area contributed by atoms with E-state index in [0.717, 1.165) is 4.90 Å². The third kappa shape index (κ3) is 8.97. The summed E-state index contributed by atoms with van der Waals surface area (Å²) in [5.74, 6) is -0.440. The van der Waals surface area contributed by atoms with Gasteiger partial charge in [-0.1, -0.05) is 6.92 Å². The molecule has 2 N–H and O–H groups in total. The van der Waals surface area contributed by atoms with Crippen molar-refractivity contribution in [2.75, 3.05) is 13.1 Å². The highest BCUT2D eigenvalue weighted by molar-refractivity contribution is 5.76. The van der Waals surface area contributed by atoms with Crippen molar-refractivity contribution >= 4 is 5.91 Å². The van der Waals surface area contributed by atoms with Crippen LogP contribution in [0.3, 0.4) is 0 Å². The number of carbonyl (C=O) groups is 1. The number of hydrogen-bond donors (Lipinski definition) is 1. The molecule has 0 radical (unpaired) electrons. The fourth-order valence-corrected chi connectivity index (χ4v) is 1.51.